The van der Waals surface area contributed by atoms with Gasteiger partial charge in [-0.1, -0.05) is 30.3 Å². The average Bonchev–Trinajstić information content (AvgIpc) is 2.29. The number of aromatic nitrogens is 1. The highest BCUT2D eigenvalue weighted by Crippen LogP contribution is 2.29. The van der Waals surface area contributed by atoms with Crippen LogP contribution in [0.4, 0.5) is 5.69 Å². The molecule has 0 atom stereocenters. The van der Waals surface area contributed by atoms with E-state index in [1.165, 1.54) is 6.20 Å². The zero-order chi connectivity index (χ0) is 11.5. The van der Waals surface area contributed by atoms with Crippen molar-refractivity contribution in [2.24, 2.45) is 0 Å². The van der Waals surface area contributed by atoms with Crippen LogP contribution < -0.4 is 0 Å². The fourth-order valence-corrected chi connectivity index (χ4v) is 1.55. The van der Waals surface area contributed by atoms with Crippen LogP contribution in [0.15, 0.2) is 42.6 Å². The maximum absolute atomic E-state index is 10.9. The highest BCUT2D eigenvalue weighted by atomic mass is 16.6. The molecule has 1 heterocycles. The first-order valence-corrected chi connectivity index (χ1v) is 4.85. The number of nitro groups is 1. The molecule has 1 aromatic carbocycles. The molecule has 0 saturated heterocycles. The maximum Gasteiger partial charge on any atom is 0.295 e. The van der Waals surface area contributed by atoms with E-state index in [9.17, 15) is 10.1 Å². The lowest BCUT2D eigenvalue weighted by atomic mass is 10.0. The Morgan fingerprint density at radius 2 is 1.94 bits per heavy atom. The molecule has 16 heavy (non-hydrogen) atoms. The van der Waals surface area contributed by atoms with Crippen LogP contribution in [0.5, 0.6) is 0 Å². The van der Waals surface area contributed by atoms with Gasteiger partial charge in [0.1, 0.15) is 6.20 Å². The average molecular weight is 214 g/mol. The van der Waals surface area contributed by atoms with Gasteiger partial charge in [-0.2, -0.15) is 0 Å². The molecule has 0 fully saturated rings. The van der Waals surface area contributed by atoms with Gasteiger partial charge in [0.25, 0.3) is 5.69 Å². The maximum atomic E-state index is 10.9. The van der Waals surface area contributed by atoms with E-state index in [2.05, 4.69) is 4.98 Å². The van der Waals surface area contributed by atoms with E-state index >= 15 is 0 Å². The molecule has 4 heteroatoms. The molecule has 2 aromatic rings. The first-order valence-electron chi connectivity index (χ1n) is 4.85. The quantitative estimate of drug-likeness (QED) is 0.570. The van der Waals surface area contributed by atoms with Gasteiger partial charge in [-0.15, -0.1) is 0 Å². The smallest absolute Gasteiger partial charge is 0.258 e. The van der Waals surface area contributed by atoms with E-state index in [0.29, 0.717) is 5.56 Å². The lowest BCUT2D eigenvalue weighted by Crippen LogP contribution is -1.94. The summed E-state index contributed by atoms with van der Waals surface area (Å²) in [5.41, 5.74) is 2.25. The van der Waals surface area contributed by atoms with E-state index < -0.39 is 4.92 Å². The summed E-state index contributed by atoms with van der Waals surface area (Å²) < 4.78 is 0. The van der Waals surface area contributed by atoms with E-state index in [0.717, 1.165) is 11.3 Å². The SMILES string of the molecule is Cc1cc(-c2ccccc2)c([N+](=O)[O-])cn1. The summed E-state index contributed by atoms with van der Waals surface area (Å²) in [4.78, 5) is 14.4. The molecule has 4 nitrogen and oxygen atoms in total. The third kappa shape index (κ3) is 1.91. The van der Waals surface area contributed by atoms with Gasteiger partial charge in [0, 0.05) is 5.69 Å². The summed E-state index contributed by atoms with van der Waals surface area (Å²) in [5.74, 6) is 0. The van der Waals surface area contributed by atoms with Crippen LogP contribution in [-0.2, 0) is 0 Å². The minimum Gasteiger partial charge on any atom is -0.258 e. The highest BCUT2D eigenvalue weighted by Gasteiger charge is 2.15. The van der Waals surface area contributed by atoms with Gasteiger partial charge in [-0.3, -0.25) is 15.1 Å². The van der Waals surface area contributed by atoms with Gasteiger partial charge in [0.15, 0.2) is 0 Å². The zero-order valence-electron chi connectivity index (χ0n) is 8.75. The Hall–Kier alpha value is -2.23. The molecule has 0 bridgehead atoms. The second kappa shape index (κ2) is 4.10. The second-order valence-corrected chi connectivity index (χ2v) is 3.47. The van der Waals surface area contributed by atoms with Crippen molar-refractivity contribution in [1.82, 2.24) is 4.98 Å². The van der Waals surface area contributed by atoms with Crippen molar-refractivity contribution < 1.29 is 4.92 Å². The predicted molar refractivity (Wildman–Crippen MR) is 61.1 cm³/mol. The Bertz CT molecular complexity index is 524. The normalized spacial score (nSPS) is 10.1. The molecular formula is C12H10N2O2. The number of rotatable bonds is 2. The van der Waals surface area contributed by atoms with Crippen molar-refractivity contribution in [2.75, 3.05) is 0 Å². The van der Waals surface area contributed by atoms with Crippen molar-refractivity contribution in [3.63, 3.8) is 0 Å². The van der Waals surface area contributed by atoms with Crippen molar-refractivity contribution in [1.29, 1.82) is 0 Å². The lowest BCUT2D eigenvalue weighted by Gasteiger charge is -2.03. The van der Waals surface area contributed by atoms with Crippen molar-refractivity contribution in [3.8, 4) is 11.1 Å². The number of hydrogen-bond donors (Lipinski definition) is 0. The summed E-state index contributed by atoms with van der Waals surface area (Å²) in [6, 6.07) is 11.0. The second-order valence-electron chi connectivity index (χ2n) is 3.47. The summed E-state index contributed by atoms with van der Waals surface area (Å²) >= 11 is 0. The molecule has 0 amide bonds. The van der Waals surface area contributed by atoms with Crippen LogP contribution in [0, 0.1) is 17.0 Å². The summed E-state index contributed by atoms with van der Waals surface area (Å²) in [6.07, 6.45) is 1.30. The van der Waals surface area contributed by atoms with Crippen LogP contribution in [-0.4, -0.2) is 9.91 Å². The van der Waals surface area contributed by atoms with Crippen molar-refractivity contribution in [2.45, 2.75) is 6.92 Å². The largest absolute Gasteiger partial charge is 0.295 e. The van der Waals surface area contributed by atoms with Crippen LogP contribution in [0.2, 0.25) is 0 Å². The molecule has 0 aliphatic heterocycles. The summed E-state index contributed by atoms with van der Waals surface area (Å²) in [5, 5.41) is 10.9. The van der Waals surface area contributed by atoms with Gasteiger partial charge in [-0.05, 0) is 18.6 Å². The number of benzene rings is 1. The standard InChI is InChI=1S/C12H10N2O2/c1-9-7-11(10-5-3-2-4-6-10)12(8-13-9)14(15)16/h2-8H,1H3. The van der Waals surface area contributed by atoms with E-state index in [-0.39, 0.29) is 5.69 Å². The molecule has 0 aliphatic carbocycles. The molecule has 0 saturated carbocycles. The molecule has 1 aromatic heterocycles. The van der Waals surface area contributed by atoms with Gasteiger partial charge in [0.2, 0.25) is 0 Å². The monoisotopic (exact) mass is 214 g/mol. The Balaban J connectivity index is 2.63. The molecule has 0 N–H and O–H groups in total. The number of nitrogens with zero attached hydrogens (tertiary/aromatic N) is 2. The Kier molecular flexibility index (Phi) is 2.64. The Morgan fingerprint density at radius 1 is 1.25 bits per heavy atom. The van der Waals surface area contributed by atoms with Gasteiger partial charge in [-0.25, -0.2) is 0 Å². The minimum absolute atomic E-state index is 0.0387. The molecule has 0 radical (unpaired) electrons. The Morgan fingerprint density at radius 3 is 2.56 bits per heavy atom. The number of pyridine rings is 1. The first-order chi connectivity index (χ1) is 7.68. The molecular weight excluding hydrogens is 204 g/mol. The molecule has 80 valence electrons. The number of aryl methyl sites for hydroxylation is 1. The van der Waals surface area contributed by atoms with E-state index in [1.54, 1.807) is 6.07 Å². The first kappa shape index (κ1) is 10.3. The minimum atomic E-state index is -0.408. The summed E-state index contributed by atoms with van der Waals surface area (Å²) in [7, 11) is 0. The topological polar surface area (TPSA) is 56.0 Å². The van der Waals surface area contributed by atoms with Crippen LogP contribution in [0.1, 0.15) is 5.69 Å². The van der Waals surface area contributed by atoms with Crippen molar-refractivity contribution >= 4 is 5.69 Å². The van der Waals surface area contributed by atoms with Gasteiger partial charge < -0.3 is 0 Å². The van der Waals surface area contributed by atoms with Gasteiger partial charge in [0.05, 0.1) is 10.5 Å². The van der Waals surface area contributed by atoms with Crippen LogP contribution in [0.25, 0.3) is 11.1 Å². The zero-order valence-corrected chi connectivity index (χ0v) is 8.75. The van der Waals surface area contributed by atoms with Crippen LogP contribution in [0.3, 0.4) is 0 Å². The fourth-order valence-electron chi connectivity index (χ4n) is 1.55. The highest BCUT2D eigenvalue weighted by molar-refractivity contribution is 5.73. The predicted octanol–water partition coefficient (Wildman–Crippen LogP) is 2.97. The summed E-state index contributed by atoms with van der Waals surface area (Å²) in [6.45, 7) is 1.82. The van der Waals surface area contributed by atoms with E-state index in [4.69, 9.17) is 0 Å². The Labute approximate surface area is 92.7 Å². The number of hydrogen-bond acceptors (Lipinski definition) is 3. The van der Waals surface area contributed by atoms with Crippen molar-refractivity contribution in [3.05, 3.63) is 58.4 Å². The molecule has 0 spiro atoms. The van der Waals surface area contributed by atoms with Crippen LogP contribution >= 0.6 is 0 Å². The van der Waals surface area contributed by atoms with E-state index in [1.807, 2.05) is 37.3 Å². The molecule has 0 aliphatic rings. The fraction of sp³-hybridized carbons (Fsp3) is 0.0833. The molecule has 2 rings (SSSR count). The van der Waals surface area contributed by atoms with Gasteiger partial charge >= 0.3 is 0 Å². The third-order valence-corrected chi connectivity index (χ3v) is 2.30. The third-order valence-electron chi connectivity index (χ3n) is 2.30. The molecule has 0 unspecified atom stereocenters. The lowest BCUT2D eigenvalue weighted by molar-refractivity contribution is -0.384.